The summed E-state index contributed by atoms with van der Waals surface area (Å²) in [4.78, 5) is 0. The van der Waals surface area contributed by atoms with Crippen molar-refractivity contribution in [2.75, 3.05) is 7.11 Å². The Morgan fingerprint density at radius 3 is 2.50 bits per heavy atom. The smallest absolute Gasteiger partial charge is 0.143 e. The molecule has 18 heavy (non-hydrogen) atoms. The number of halogens is 2. The Bertz CT molecular complexity index is 527. The average molecular weight is 250 g/mol. The molecule has 0 fully saturated rings. The van der Waals surface area contributed by atoms with Crippen LogP contribution in [0.15, 0.2) is 41.9 Å². The Labute approximate surface area is 106 Å². The first-order valence-electron chi connectivity index (χ1n) is 5.85. The predicted molar refractivity (Wildman–Crippen MR) is 68.4 cm³/mol. The van der Waals surface area contributed by atoms with E-state index in [-0.39, 0.29) is 12.0 Å². The van der Waals surface area contributed by atoms with Gasteiger partial charge in [-0.15, -0.1) is 0 Å². The first-order chi connectivity index (χ1) is 8.45. The third-order valence-corrected chi connectivity index (χ3v) is 3.23. The highest BCUT2D eigenvalue weighted by molar-refractivity contribution is 5.78. The maximum Gasteiger partial charge on any atom is 0.143 e. The van der Waals surface area contributed by atoms with Gasteiger partial charge in [0.25, 0.3) is 0 Å². The summed E-state index contributed by atoms with van der Waals surface area (Å²) in [6, 6.07) is 7.23. The molecular formula is C15H16F2O. The molecular weight excluding hydrogens is 234 g/mol. The molecule has 1 aliphatic rings. The van der Waals surface area contributed by atoms with Crippen LogP contribution in [0.5, 0.6) is 0 Å². The van der Waals surface area contributed by atoms with Crippen molar-refractivity contribution in [2.45, 2.75) is 25.9 Å². The highest BCUT2D eigenvalue weighted by Crippen LogP contribution is 2.43. The van der Waals surface area contributed by atoms with Crippen molar-refractivity contribution in [3.05, 3.63) is 53.1 Å². The summed E-state index contributed by atoms with van der Waals surface area (Å²) < 4.78 is 33.8. The van der Waals surface area contributed by atoms with E-state index in [9.17, 15) is 8.78 Å². The zero-order chi connectivity index (χ0) is 13.3. The van der Waals surface area contributed by atoms with Crippen LogP contribution in [-0.4, -0.2) is 12.8 Å². The molecule has 0 saturated carbocycles. The molecule has 1 atom stereocenters. The molecule has 1 aromatic carbocycles. The van der Waals surface area contributed by atoms with Gasteiger partial charge in [0.15, 0.2) is 0 Å². The normalized spacial score (nSPS) is 23.9. The Hall–Kier alpha value is -1.64. The van der Waals surface area contributed by atoms with Gasteiger partial charge in [-0.05, 0) is 25.0 Å². The number of rotatable bonds is 2. The van der Waals surface area contributed by atoms with Crippen LogP contribution >= 0.6 is 0 Å². The molecule has 0 aromatic heterocycles. The van der Waals surface area contributed by atoms with Gasteiger partial charge in [0.2, 0.25) is 0 Å². The second-order valence-electron chi connectivity index (χ2n) is 4.73. The molecule has 1 aliphatic carbocycles. The fraction of sp³-hybridized carbons (Fsp3) is 0.333. The van der Waals surface area contributed by atoms with E-state index in [4.69, 9.17) is 4.74 Å². The molecule has 1 unspecified atom stereocenters. The zero-order valence-electron chi connectivity index (χ0n) is 10.8. The van der Waals surface area contributed by atoms with E-state index in [2.05, 4.69) is 0 Å². The second-order valence-corrected chi connectivity index (χ2v) is 4.73. The van der Waals surface area contributed by atoms with Gasteiger partial charge >= 0.3 is 0 Å². The quantitative estimate of drug-likeness (QED) is 0.758. The van der Waals surface area contributed by atoms with Crippen LogP contribution in [0.4, 0.5) is 8.78 Å². The SMILES string of the molecule is COC1=CC(F)=C(c2ccccc2C)C(C)(F)C1. The van der Waals surface area contributed by atoms with Crippen LogP contribution < -0.4 is 0 Å². The molecule has 96 valence electrons. The van der Waals surface area contributed by atoms with Crippen molar-refractivity contribution in [1.29, 1.82) is 0 Å². The standard InChI is InChI=1S/C15H16F2O/c1-10-6-4-5-7-12(10)14-13(16)8-11(18-3)9-15(14,2)17/h4-8H,9H2,1-3H3. The van der Waals surface area contributed by atoms with Crippen LogP contribution in [-0.2, 0) is 4.74 Å². The minimum Gasteiger partial charge on any atom is -0.501 e. The van der Waals surface area contributed by atoms with Crippen LogP contribution in [0.25, 0.3) is 5.57 Å². The number of aryl methyl sites for hydroxylation is 1. The first kappa shape index (κ1) is 12.8. The van der Waals surface area contributed by atoms with Gasteiger partial charge in [0.05, 0.1) is 7.11 Å². The maximum atomic E-state index is 14.7. The van der Waals surface area contributed by atoms with Crippen molar-refractivity contribution in [3.8, 4) is 0 Å². The molecule has 0 aliphatic heterocycles. The van der Waals surface area contributed by atoms with Crippen molar-refractivity contribution in [2.24, 2.45) is 0 Å². The van der Waals surface area contributed by atoms with Crippen LogP contribution in [0.2, 0.25) is 0 Å². The second kappa shape index (κ2) is 4.56. The van der Waals surface area contributed by atoms with E-state index < -0.39 is 11.5 Å². The molecule has 0 N–H and O–H groups in total. The first-order valence-corrected chi connectivity index (χ1v) is 5.85. The molecule has 0 heterocycles. The summed E-state index contributed by atoms with van der Waals surface area (Å²) in [7, 11) is 1.42. The topological polar surface area (TPSA) is 9.23 Å². The number of methoxy groups -OCH3 is 1. The molecule has 3 heteroatoms. The monoisotopic (exact) mass is 250 g/mol. The van der Waals surface area contributed by atoms with Crippen molar-refractivity contribution >= 4 is 5.57 Å². The third-order valence-electron chi connectivity index (χ3n) is 3.23. The molecule has 1 nitrogen and oxygen atoms in total. The Balaban J connectivity index is 2.60. The summed E-state index contributed by atoms with van der Waals surface area (Å²) in [5.74, 6) is -0.229. The lowest BCUT2D eigenvalue weighted by atomic mass is 9.82. The average Bonchev–Trinajstić information content (AvgIpc) is 2.29. The molecule has 1 aromatic rings. The molecule has 0 amide bonds. The van der Waals surface area contributed by atoms with E-state index in [1.165, 1.54) is 20.1 Å². The number of benzene rings is 1. The predicted octanol–water partition coefficient (Wildman–Crippen LogP) is 4.34. The highest BCUT2D eigenvalue weighted by atomic mass is 19.1. The molecule has 0 radical (unpaired) electrons. The summed E-state index contributed by atoms with van der Waals surface area (Å²) in [5, 5.41) is 0. The Morgan fingerprint density at radius 2 is 1.94 bits per heavy atom. The fourth-order valence-corrected chi connectivity index (χ4v) is 2.32. The lowest BCUT2D eigenvalue weighted by molar-refractivity contribution is 0.195. The van der Waals surface area contributed by atoms with Gasteiger partial charge in [-0.3, -0.25) is 0 Å². The number of hydrogen-bond acceptors (Lipinski definition) is 1. The maximum absolute atomic E-state index is 14.7. The van der Waals surface area contributed by atoms with Crippen molar-refractivity contribution in [1.82, 2.24) is 0 Å². The Morgan fingerprint density at radius 1 is 1.28 bits per heavy atom. The number of ether oxygens (including phenoxy) is 1. The van der Waals surface area contributed by atoms with E-state index in [1.54, 1.807) is 12.1 Å². The van der Waals surface area contributed by atoms with Gasteiger partial charge in [-0.1, -0.05) is 24.3 Å². The van der Waals surface area contributed by atoms with Gasteiger partial charge in [-0.25, -0.2) is 8.78 Å². The minimum absolute atomic E-state index is 0.0561. The zero-order valence-corrected chi connectivity index (χ0v) is 10.8. The van der Waals surface area contributed by atoms with Crippen molar-refractivity contribution < 1.29 is 13.5 Å². The summed E-state index contributed by atoms with van der Waals surface area (Å²) >= 11 is 0. The largest absolute Gasteiger partial charge is 0.501 e. The lowest BCUT2D eigenvalue weighted by Gasteiger charge is -2.29. The van der Waals surface area contributed by atoms with Crippen LogP contribution in [0.3, 0.4) is 0 Å². The molecule has 0 spiro atoms. The van der Waals surface area contributed by atoms with Gasteiger partial charge in [0, 0.05) is 18.1 Å². The van der Waals surface area contributed by atoms with E-state index in [0.29, 0.717) is 11.3 Å². The summed E-state index contributed by atoms with van der Waals surface area (Å²) in [6.07, 6.45) is 1.32. The van der Waals surface area contributed by atoms with E-state index in [1.807, 2.05) is 19.1 Å². The molecule has 0 bridgehead atoms. The summed E-state index contributed by atoms with van der Waals surface area (Å²) in [5.41, 5.74) is -0.162. The minimum atomic E-state index is -1.75. The van der Waals surface area contributed by atoms with Crippen LogP contribution in [0, 0.1) is 6.92 Å². The molecule has 2 rings (SSSR count). The van der Waals surface area contributed by atoms with Gasteiger partial charge in [0.1, 0.15) is 17.3 Å². The van der Waals surface area contributed by atoms with Crippen LogP contribution in [0.1, 0.15) is 24.5 Å². The molecule has 0 saturated heterocycles. The fourth-order valence-electron chi connectivity index (χ4n) is 2.32. The van der Waals surface area contributed by atoms with E-state index >= 15 is 0 Å². The number of hydrogen-bond donors (Lipinski definition) is 0. The highest BCUT2D eigenvalue weighted by Gasteiger charge is 2.37. The summed E-state index contributed by atoms with van der Waals surface area (Å²) in [6.45, 7) is 3.24. The van der Waals surface area contributed by atoms with Gasteiger partial charge < -0.3 is 4.74 Å². The number of alkyl halides is 1. The lowest BCUT2D eigenvalue weighted by Crippen LogP contribution is -2.25. The van der Waals surface area contributed by atoms with Gasteiger partial charge in [-0.2, -0.15) is 0 Å². The third kappa shape index (κ3) is 2.17. The number of allylic oxidation sites excluding steroid dienone is 4. The van der Waals surface area contributed by atoms with E-state index in [0.717, 1.165) is 5.56 Å². The van der Waals surface area contributed by atoms with Crippen molar-refractivity contribution in [3.63, 3.8) is 0 Å². The Kier molecular flexibility index (Phi) is 3.24.